The third kappa shape index (κ3) is 2.75. The quantitative estimate of drug-likeness (QED) is 0.654. The highest BCUT2D eigenvalue weighted by Gasteiger charge is 2.21. The first-order chi connectivity index (χ1) is 9.08. The van der Waals surface area contributed by atoms with Crippen molar-refractivity contribution in [2.75, 3.05) is 0 Å². The minimum absolute atomic E-state index is 0.0623. The highest BCUT2D eigenvalue weighted by atomic mass is 79.9. The smallest absolute Gasteiger partial charge is 0.125 e. The molecule has 0 spiro atoms. The Morgan fingerprint density at radius 2 is 2.26 bits per heavy atom. The third-order valence-corrected chi connectivity index (χ3v) is 4.30. The molecule has 0 radical (unpaired) electrons. The summed E-state index contributed by atoms with van der Waals surface area (Å²) in [6, 6.07) is 1.88. The van der Waals surface area contributed by atoms with Gasteiger partial charge in [-0.25, -0.2) is 5.43 Å². The Bertz CT molecular complexity index is 561. The number of hydrazine groups is 1. The molecule has 104 valence electrons. The molecule has 2 aromatic rings. The minimum atomic E-state index is -0.0623. The molecule has 0 aromatic carbocycles. The summed E-state index contributed by atoms with van der Waals surface area (Å²) in [7, 11) is 0. The highest BCUT2D eigenvalue weighted by Crippen LogP contribution is 2.27. The first-order valence-electron chi connectivity index (χ1n) is 6.30. The maximum absolute atomic E-state index is 5.67. The summed E-state index contributed by atoms with van der Waals surface area (Å²) in [5, 5.41) is 4.49. The summed E-state index contributed by atoms with van der Waals surface area (Å²) in [5.41, 5.74) is 6.04. The summed E-state index contributed by atoms with van der Waals surface area (Å²) in [6.45, 7) is 6.91. The molecule has 0 amide bonds. The Kier molecular flexibility index (Phi) is 4.44. The van der Waals surface area contributed by atoms with Crippen LogP contribution in [0.15, 0.2) is 21.2 Å². The lowest BCUT2D eigenvalue weighted by atomic mass is 10.1. The van der Waals surface area contributed by atoms with Crippen molar-refractivity contribution < 1.29 is 4.42 Å². The SMILES string of the molecule is CCn1nc(C)c(Br)c1CC(NN)c1occc1C. The Balaban J connectivity index is 2.31. The first kappa shape index (κ1) is 14.3. The van der Waals surface area contributed by atoms with E-state index in [0.29, 0.717) is 0 Å². The van der Waals surface area contributed by atoms with Gasteiger partial charge < -0.3 is 4.42 Å². The van der Waals surface area contributed by atoms with Crippen molar-refractivity contribution in [2.24, 2.45) is 5.84 Å². The molecule has 19 heavy (non-hydrogen) atoms. The fourth-order valence-corrected chi connectivity index (χ4v) is 2.67. The number of nitrogens with one attached hydrogen (secondary N) is 1. The molecule has 5 nitrogen and oxygen atoms in total. The van der Waals surface area contributed by atoms with Gasteiger partial charge in [-0.15, -0.1) is 0 Å². The molecule has 0 fully saturated rings. The van der Waals surface area contributed by atoms with Crippen LogP contribution in [0.3, 0.4) is 0 Å². The number of furan rings is 1. The van der Waals surface area contributed by atoms with Crippen molar-refractivity contribution in [3.05, 3.63) is 39.5 Å². The van der Waals surface area contributed by atoms with Crippen molar-refractivity contribution in [2.45, 2.75) is 39.8 Å². The van der Waals surface area contributed by atoms with Gasteiger partial charge in [0.15, 0.2) is 0 Å². The van der Waals surface area contributed by atoms with E-state index in [-0.39, 0.29) is 6.04 Å². The van der Waals surface area contributed by atoms with E-state index in [1.165, 1.54) is 0 Å². The number of aromatic nitrogens is 2. The van der Waals surface area contributed by atoms with E-state index < -0.39 is 0 Å². The Morgan fingerprint density at radius 1 is 1.53 bits per heavy atom. The van der Waals surface area contributed by atoms with Gasteiger partial charge in [-0.05, 0) is 48.3 Å². The lowest BCUT2D eigenvalue weighted by Gasteiger charge is -2.15. The highest BCUT2D eigenvalue weighted by molar-refractivity contribution is 9.10. The molecule has 0 bridgehead atoms. The van der Waals surface area contributed by atoms with Crippen LogP contribution in [0.2, 0.25) is 0 Å². The fourth-order valence-electron chi connectivity index (χ4n) is 2.23. The van der Waals surface area contributed by atoms with Crippen LogP contribution in [0.5, 0.6) is 0 Å². The van der Waals surface area contributed by atoms with Gasteiger partial charge in [0, 0.05) is 13.0 Å². The van der Waals surface area contributed by atoms with Gasteiger partial charge in [-0.2, -0.15) is 5.10 Å². The number of hydrogen-bond acceptors (Lipinski definition) is 4. The second kappa shape index (κ2) is 5.90. The molecule has 2 rings (SSSR count). The van der Waals surface area contributed by atoms with Crippen molar-refractivity contribution in [3.8, 4) is 0 Å². The molecule has 0 saturated heterocycles. The molecule has 1 unspecified atom stereocenters. The molecule has 2 heterocycles. The molecule has 6 heteroatoms. The Labute approximate surface area is 121 Å². The zero-order valence-corrected chi connectivity index (χ0v) is 13.0. The summed E-state index contributed by atoms with van der Waals surface area (Å²) < 4.78 is 8.55. The van der Waals surface area contributed by atoms with Crippen LogP contribution in [0.1, 0.15) is 35.7 Å². The van der Waals surface area contributed by atoms with Crippen molar-refractivity contribution in [3.63, 3.8) is 0 Å². The summed E-state index contributed by atoms with van der Waals surface area (Å²) in [4.78, 5) is 0. The van der Waals surface area contributed by atoms with Crippen LogP contribution in [-0.4, -0.2) is 9.78 Å². The fraction of sp³-hybridized carbons (Fsp3) is 0.462. The van der Waals surface area contributed by atoms with Crippen LogP contribution in [-0.2, 0) is 13.0 Å². The van der Waals surface area contributed by atoms with Gasteiger partial charge in [-0.1, -0.05) is 0 Å². The largest absolute Gasteiger partial charge is 0.467 e. The number of hydrogen-bond donors (Lipinski definition) is 2. The summed E-state index contributed by atoms with van der Waals surface area (Å²) in [6.07, 6.45) is 2.41. The molecule has 0 aliphatic heterocycles. The van der Waals surface area contributed by atoms with Gasteiger partial charge in [0.1, 0.15) is 5.76 Å². The van der Waals surface area contributed by atoms with Crippen molar-refractivity contribution in [1.82, 2.24) is 15.2 Å². The molecule has 3 N–H and O–H groups in total. The summed E-state index contributed by atoms with van der Waals surface area (Å²) in [5.74, 6) is 6.55. The average Bonchev–Trinajstić information content (AvgIpc) is 2.93. The number of rotatable bonds is 5. The predicted octanol–water partition coefficient (Wildman–Crippen LogP) is 2.62. The number of nitrogens with zero attached hydrogens (tertiary/aromatic N) is 2. The standard InChI is InChI=1S/C13H19BrN4O/c1-4-18-11(12(14)9(3)17-18)7-10(16-15)13-8(2)5-6-19-13/h5-6,10,16H,4,7,15H2,1-3H3. The first-order valence-corrected chi connectivity index (χ1v) is 7.09. The molecular formula is C13H19BrN4O. The van der Waals surface area contributed by atoms with E-state index in [4.69, 9.17) is 10.3 Å². The molecule has 0 saturated carbocycles. The Hall–Kier alpha value is -1.11. The van der Waals surface area contributed by atoms with Gasteiger partial charge in [0.25, 0.3) is 0 Å². The maximum Gasteiger partial charge on any atom is 0.125 e. The van der Waals surface area contributed by atoms with Crippen LogP contribution >= 0.6 is 15.9 Å². The van der Waals surface area contributed by atoms with Gasteiger partial charge in [0.2, 0.25) is 0 Å². The lowest BCUT2D eigenvalue weighted by Crippen LogP contribution is -2.30. The monoisotopic (exact) mass is 326 g/mol. The van der Waals surface area contributed by atoms with Crippen LogP contribution < -0.4 is 11.3 Å². The topological polar surface area (TPSA) is 69.0 Å². The zero-order valence-electron chi connectivity index (χ0n) is 11.4. The van der Waals surface area contributed by atoms with E-state index in [1.807, 2.05) is 24.6 Å². The van der Waals surface area contributed by atoms with Crippen LogP contribution in [0.4, 0.5) is 0 Å². The van der Waals surface area contributed by atoms with E-state index in [9.17, 15) is 0 Å². The summed E-state index contributed by atoms with van der Waals surface area (Å²) >= 11 is 3.60. The number of aryl methyl sites for hydroxylation is 3. The Morgan fingerprint density at radius 3 is 2.79 bits per heavy atom. The van der Waals surface area contributed by atoms with Gasteiger partial charge in [-0.3, -0.25) is 10.5 Å². The van der Waals surface area contributed by atoms with Crippen LogP contribution in [0.25, 0.3) is 0 Å². The molecule has 0 aliphatic carbocycles. The lowest BCUT2D eigenvalue weighted by molar-refractivity contribution is 0.405. The molecule has 1 atom stereocenters. The van der Waals surface area contributed by atoms with E-state index >= 15 is 0 Å². The van der Waals surface area contributed by atoms with E-state index in [2.05, 4.69) is 33.4 Å². The number of nitrogens with two attached hydrogens (primary N) is 1. The maximum atomic E-state index is 5.67. The van der Waals surface area contributed by atoms with Crippen LogP contribution in [0, 0.1) is 13.8 Å². The molecular weight excluding hydrogens is 308 g/mol. The zero-order chi connectivity index (χ0) is 14.0. The van der Waals surface area contributed by atoms with Gasteiger partial charge >= 0.3 is 0 Å². The van der Waals surface area contributed by atoms with Gasteiger partial charge in [0.05, 0.1) is 28.2 Å². The van der Waals surface area contributed by atoms with E-state index in [0.717, 1.165) is 40.1 Å². The molecule has 0 aliphatic rings. The number of halogens is 1. The average molecular weight is 327 g/mol. The normalized spacial score (nSPS) is 12.9. The second-order valence-electron chi connectivity index (χ2n) is 4.55. The van der Waals surface area contributed by atoms with Crippen molar-refractivity contribution in [1.29, 1.82) is 0 Å². The van der Waals surface area contributed by atoms with Crippen molar-refractivity contribution >= 4 is 15.9 Å². The minimum Gasteiger partial charge on any atom is -0.467 e. The second-order valence-corrected chi connectivity index (χ2v) is 5.35. The molecule has 2 aromatic heterocycles. The van der Waals surface area contributed by atoms with E-state index in [1.54, 1.807) is 6.26 Å². The predicted molar refractivity (Wildman–Crippen MR) is 77.6 cm³/mol. The third-order valence-electron chi connectivity index (χ3n) is 3.27.